The van der Waals surface area contributed by atoms with Crippen molar-refractivity contribution in [3.8, 4) is 11.5 Å². The van der Waals surface area contributed by atoms with E-state index in [1.54, 1.807) is 19.1 Å². The normalized spacial score (nSPS) is 10.4. The summed E-state index contributed by atoms with van der Waals surface area (Å²) < 4.78 is 10.3. The lowest BCUT2D eigenvalue weighted by Gasteiger charge is -1.99. The Bertz CT molecular complexity index is 605. The largest absolute Gasteiger partial charge is 0.465 e. The maximum atomic E-state index is 12.0. The third-order valence-corrected chi connectivity index (χ3v) is 3.30. The van der Waals surface area contributed by atoms with Gasteiger partial charge in [-0.05, 0) is 19.1 Å². The third kappa shape index (κ3) is 3.22. The minimum Gasteiger partial charge on any atom is -0.465 e. The number of nitrogens with one attached hydrogen (secondary N) is 1. The molecular weight excluding hydrogens is 284 g/mol. The Kier molecular flexibility index (Phi) is 4.49. The summed E-state index contributed by atoms with van der Waals surface area (Å²) in [6.45, 7) is 2.12. The zero-order valence-corrected chi connectivity index (χ0v) is 11.4. The molecule has 0 radical (unpaired) electrons. The van der Waals surface area contributed by atoms with Crippen molar-refractivity contribution in [2.24, 2.45) is 0 Å². The smallest absolute Gasteiger partial charge is 0.410 e. The number of thiazole rings is 1. The van der Waals surface area contributed by atoms with Crippen molar-refractivity contribution in [3.63, 3.8) is 0 Å². The topological polar surface area (TPSA) is 102 Å². The van der Waals surface area contributed by atoms with Crippen LogP contribution < -0.4 is 5.32 Å². The highest BCUT2D eigenvalue weighted by atomic mass is 32.1. The zero-order chi connectivity index (χ0) is 14.5. The molecule has 8 heteroatoms. The van der Waals surface area contributed by atoms with E-state index in [1.165, 1.54) is 6.26 Å². The minimum atomic E-state index is -1.24. The Morgan fingerprint density at radius 3 is 2.95 bits per heavy atom. The number of hydrogen-bond acceptors (Lipinski definition) is 6. The van der Waals surface area contributed by atoms with Gasteiger partial charge in [0.15, 0.2) is 10.9 Å². The fourth-order valence-corrected chi connectivity index (χ4v) is 2.38. The van der Waals surface area contributed by atoms with Gasteiger partial charge < -0.3 is 14.3 Å². The lowest BCUT2D eigenvalue weighted by molar-refractivity contribution is 0.0787. The van der Waals surface area contributed by atoms with Crippen LogP contribution in [-0.2, 0) is 4.74 Å². The molecule has 2 heterocycles. The van der Waals surface area contributed by atoms with Crippen LogP contribution in [0.3, 0.4) is 0 Å². The second kappa shape index (κ2) is 6.31. The van der Waals surface area contributed by atoms with Crippen LogP contribution >= 0.6 is 11.3 Å². The van der Waals surface area contributed by atoms with E-state index in [4.69, 9.17) is 14.3 Å². The lowest BCUT2D eigenvalue weighted by Crippen LogP contribution is -2.08. The van der Waals surface area contributed by atoms with Crippen molar-refractivity contribution < 1.29 is 23.8 Å². The number of carbonyl (C=O) groups excluding carboxylic acids is 1. The van der Waals surface area contributed by atoms with Crippen molar-refractivity contribution in [3.05, 3.63) is 23.3 Å². The fraction of sp³-hybridized carbons (Fsp3) is 0.250. The Morgan fingerprint density at radius 1 is 1.55 bits per heavy atom. The standard InChI is InChI=1S/C12H12N2O5S/c1-2-18-6-7(15)10-9(8-4-3-5-19-8)13-11(20-10)14-12(16)17/h3-5H,2,6H2,1H3,(H,13,14)(H,16,17). The van der Waals surface area contributed by atoms with Gasteiger partial charge in [0, 0.05) is 6.61 Å². The predicted octanol–water partition coefficient (Wildman–Crippen LogP) is 2.71. The number of rotatable bonds is 6. The van der Waals surface area contributed by atoms with E-state index >= 15 is 0 Å². The van der Waals surface area contributed by atoms with Crippen molar-refractivity contribution in [2.45, 2.75) is 6.92 Å². The number of furan rings is 1. The molecule has 2 N–H and O–H groups in total. The first-order valence-corrected chi connectivity index (χ1v) is 6.59. The van der Waals surface area contributed by atoms with Crippen molar-refractivity contribution >= 4 is 28.3 Å². The molecule has 2 rings (SSSR count). The zero-order valence-electron chi connectivity index (χ0n) is 10.6. The van der Waals surface area contributed by atoms with Crippen LogP contribution in [0.5, 0.6) is 0 Å². The first-order valence-electron chi connectivity index (χ1n) is 5.77. The number of amides is 1. The summed E-state index contributed by atoms with van der Waals surface area (Å²) in [5, 5.41) is 10.9. The van der Waals surface area contributed by atoms with E-state index in [0.717, 1.165) is 11.3 Å². The second-order valence-electron chi connectivity index (χ2n) is 3.66. The summed E-state index contributed by atoms with van der Waals surface area (Å²) >= 11 is 0.952. The molecular formula is C12H12N2O5S. The van der Waals surface area contributed by atoms with Crippen molar-refractivity contribution in [1.29, 1.82) is 0 Å². The highest BCUT2D eigenvalue weighted by Crippen LogP contribution is 2.31. The first kappa shape index (κ1) is 14.2. The molecule has 20 heavy (non-hydrogen) atoms. The lowest BCUT2D eigenvalue weighted by atomic mass is 10.2. The SMILES string of the molecule is CCOCC(=O)c1sc(NC(=O)O)nc1-c1ccco1. The van der Waals surface area contributed by atoms with Crippen LogP contribution in [0.1, 0.15) is 16.6 Å². The van der Waals surface area contributed by atoms with Gasteiger partial charge >= 0.3 is 6.09 Å². The Morgan fingerprint density at radius 2 is 2.35 bits per heavy atom. The van der Waals surface area contributed by atoms with Gasteiger partial charge in [0.05, 0.1) is 6.26 Å². The molecule has 106 valence electrons. The molecule has 2 aromatic heterocycles. The molecule has 0 spiro atoms. The van der Waals surface area contributed by atoms with Crippen LogP contribution in [0.25, 0.3) is 11.5 Å². The Labute approximate surface area is 118 Å². The molecule has 1 amide bonds. The van der Waals surface area contributed by atoms with E-state index < -0.39 is 6.09 Å². The van der Waals surface area contributed by atoms with Crippen LogP contribution in [0.15, 0.2) is 22.8 Å². The summed E-state index contributed by atoms with van der Waals surface area (Å²) in [4.78, 5) is 27.1. The number of anilines is 1. The number of hydrogen-bond donors (Lipinski definition) is 2. The van der Waals surface area contributed by atoms with Crippen LogP contribution in [0.2, 0.25) is 0 Å². The molecule has 7 nitrogen and oxygen atoms in total. The molecule has 0 aliphatic heterocycles. The van der Waals surface area contributed by atoms with Gasteiger partial charge in [-0.1, -0.05) is 11.3 Å². The van der Waals surface area contributed by atoms with Gasteiger partial charge in [0.1, 0.15) is 17.2 Å². The molecule has 0 aromatic carbocycles. The molecule has 0 fully saturated rings. The fourth-order valence-electron chi connectivity index (χ4n) is 1.49. The summed E-state index contributed by atoms with van der Waals surface area (Å²) in [6.07, 6.45) is 0.212. The number of carboxylic acid groups (broad SMARTS) is 1. The maximum Gasteiger partial charge on any atom is 0.410 e. The van der Waals surface area contributed by atoms with Gasteiger partial charge in [-0.15, -0.1) is 0 Å². The Balaban J connectivity index is 2.34. The monoisotopic (exact) mass is 296 g/mol. The number of ketones is 1. The summed E-state index contributed by atoms with van der Waals surface area (Å²) in [7, 11) is 0. The highest BCUT2D eigenvalue weighted by Gasteiger charge is 2.21. The molecule has 0 saturated carbocycles. The number of carbonyl (C=O) groups is 2. The molecule has 0 aliphatic rings. The molecule has 0 bridgehead atoms. The summed E-state index contributed by atoms with van der Waals surface area (Å²) in [5.74, 6) is 0.133. The number of aromatic nitrogens is 1. The van der Waals surface area contributed by atoms with Crippen LogP contribution in [0, 0.1) is 0 Å². The minimum absolute atomic E-state index is 0.0844. The molecule has 0 saturated heterocycles. The van der Waals surface area contributed by atoms with Crippen LogP contribution in [0.4, 0.5) is 9.93 Å². The third-order valence-electron chi connectivity index (χ3n) is 2.29. The van der Waals surface area contributed by atoms with Crippen molar-refractivity contribution in [2.75, 3.05) is 18.5 Å². The highest BCUT2D eigenvalue weighted by molar-refractivity contribution is 7.18. The summed E-state index contributed by atoms with van der Waals surface area (Å²) in [6, 6.07) is 3.31. The number of Topliss-reactive ketones (excluding diaryl/α,β-unsaturated/α-hetero) is 1. The van der Waals surface area contributed by atoms with Gasteiger partial charge in [0.2, 0.25) is 5.78 Å². The van der Waals surface area contributed by atoms with E-state index in [-0.39, 0.29) is 17.5 Å². The Hall–Kier alpha value is -2.19. The molecule has 2 aromatic rings. The molecule has 0 unspecified atom stereocenters. The van der Waals surface area contributed by atoms with Crippen molar-refractivity contribution in [1.82, 2.24) is 4.98 Å². The second-order valence-corrected chi connectivity index (χ2v) is 4.66. The number of nitrogens with zero attached hydrogens (tertiary/aromatic N) is 1. The first-order chi connectivity index (χ1) is 9.61. The van der Waals surface area contributed by atoms with Gasteiger partial charge in [-0.2, -0.15) is 0 Å². The van der Waals surface area contributed by atoms with Gasteiger partial charge in [-0.3, -0.25) is 10.1 Å². The molecule has 0 atom stereocenters. The predicted molar refractivity (Wildman–Crippen MR) is 72.3 cm³/mol. The summed E-state index contributed by atoms with van der Waals surface area (Å²) in [5.41, 5.74) is 0.313. The van der Waals surface area contributed by atoms with E-state index in [2.05, 4.69) is 10.3 Å². The van der Waals surface area contributed by atoms with E-state index in [1.807, 2.05) is 0 Å². The van der Waals surface area contributed by atoms with Crippen LogP contribution in [-0.4, -0.2) is 35.2 Å². The van der Waals surface area contributed by atoms with E-state index in [9.17, 15) is 9.59 Å². The van der Waals surface area contributed by atoms with E-state index in [0.29, 0.717) is 22.9 Å². The number of ether oxygens (including phenoxy) is 1. The van der Waals surface area contributed by atoms with Gasteiger partial charge in [-0.25, -0.2) is 9.78 Å². The maximum absolute atomic E-state index is 12.0. The average molecular weight is 296 g/mol. The average Bonchev–Trinajstić information content (AvgIpc) is 3.03. The van der Waals surface area contributed by atoms with Gasteiger partial charge in [0.25, 0.3) is 0 Å². The molecule has 0 aliphatic carbocycles. The quantitative estimate of drug-likeness (QED) is 0.795.